The standard InChI is InChI=1S/C41H26N2S/c1-2-9-29(10-3-1)43-24-23-35-36(15-8-16-39(35)43)40-21-22-41(44-40)38-20-18-28(26-42-38)27-17-19-34-32-13-5-4-11-30(32)31-12-6-7-14-33(31)37(34)25-27/h1-26H. The van der Waals surface area contributed by atoms with Crippen molar-refractivity contribution in [3.8, 4) is 37.8 Å². The molecule has 6 aromatic carbocycles. The molecule has 0 radical (unpaired) electrons. The number of benzene rings is 6. The molecule has 0 N–H and O–H groups in total. The van der Waals surface area contributed by atoms with Gasteiger partial charge in [-0.05, 0) is 86.4 Å². The molecule has 3 heteroatoms. The quantitative estimate of drug-likeness (QED) is 0.190. The highest BCUT2D eigenvalue weighted by atomic mass is 32.1. The summed E-state index contributed by atoms with van der Waals surface area (Å²) in [5.41, 5.74) is 6.93. The van der Waals surface area contributed by atoms with Crippen molar-refractivity contribution in [2.24, 2.45) is 0 Å². The second kappa shape index (κ2) is 10.0. The van der Waals surface area contributed by atoms with Gasteiger partial charge in [-0.25, -0.2) is 0 Å². The van der Waals surface area contributed by atoms with E-state index in [1.54, 1.807) is 11.3 Å². The molecule has 0 aliphatic carbocycles. The molecule has 9 rings (SSSR count). The van der Waals surface area contributed by atoms with Gasteiger partial charge in [0, 0.05) is 39.5 Å². The molecular weight excluding hydrogens is 553 g/mol. The number of para-hydroxylation sites is 1. The fourth-order valence-corrected chi connectivity index (χ4v) is 7.64. The molecule has 44 heavy (non-hydrogen) atoms. The van der Waals surface area contributed by atoms with Crippen LogP contribution < -0.4 is 0 Å². The zero-order chi connectivity index (χ0) is 29.0. The van der Waals surface area contributed by atoms with Crippen LogP contribution in [0.4, 0.5) is 0 Å². The van der Waals surface area contributed by atoms with Crippen molar-refractivity contribution in [1.29, 1.82) is 0 Å². The molecule has 206 valence electrons. The molecule has 0 unspecified atom stereocenters. The van der Waals surface area contributed by atoms with Crippen molar-refractivity contribution < 1.29 is 0 Å². The minimum Gasteiger partial charge on any atom is -0.317 e. The first-order valence-electron chi connectivity index (χ1n) is 14.9. The van der Waals surface area contributed by atoms with Crippen LogP contribution in [0.2, 0.25) is 0 Å². The summed E-state index contributed by atoms with van der Waals surface area (Å²) in [5, 5.41) is 8.99. The SMILES string of the molecule is c1ccc(-n2ccc3c(-c4ccc(-c5ccc(-c6ccc7c8ccccc8c8ccccc8c7c6)cn5)s4)cccc32)cc1. The van der Waals surface area contributed by atoms with Crippen molar-refractivity contribution >= 4 is 54.6 Å². The molecule has 3 heterocycles. The number of thiophene rings is 1. The Labute approximate surface area is 259 Å². The van der Waals surface area contributed by atoms with Gasteiger partial charge < -0.3 is 4.57 Å². The Hall–Kier alpha value is -5.51. The van der Waals surface area contributed by atoms with Crippen LogP contribution in [0.3, 0.4) is 0 Å². The second-order valence-corrected chi connectivity index (χ2v) is 12.3. The van der Waals surface area contributed by atoms with Crippen LogP contribution in [-0.2, 0) is 0 Å². The van der Waals surface area contributed by atoms with Gasteiger partial charge >= 0.3 is 0 Å². The molecule has 2 nitrogen and oxygen atoms in total. The number of aromatic nitrogens is 2. The maximum atomic E-state index is 4.94. The molecule has 0 fully saturated rings. The summed E-state index contributed by atoms with van der Waals surface area (Å²) in [7, 11) is 0. The third kappa shape index (κ3) is 3.98. The molecule has 0 amide bonds. The Morgan fingerprint density at radius 1 is 0.455 bits per heavy atom. The van der Waals surface area contributed by atoms with E-state index >= 15 is 0 Å². The van der Waals surface area contributed by atoms with Crippen LogP contribution in [0.5, 0.6) is 0 Å². The van der Waals surface area contributed by atoms with Gasteiger partial charge in [0.05, 0.1) is 16.1 Å². The maximum absolute atomic E-state index is 4.94. The second-order valence-electron chi connectivity index (χ2n) is 11.2. The van der Waals surface area contributed by atoms with Crippen LogP contribution in [0.1, 0.15) is 0 Å². The number of rotatable bonds is 4. The molecule has 0 atom stereocenters. The predicted molar refractivity (Wildman–Crippen MR) is 188 cm³/mol. The number of hydrogen-bond acceptors (Lipinski definition) is 2. The molecule has 0 bridgehead atoms. The first-order chi connectivity index (χ1) is 21.8. The largest absolute Gasteiger partial charge is 0.317 e. The van der Waals surface area contributed by atoms with Gasteiger partial charge in [0.1, 0.15) is 0 Å². The van der Waals surface area contributed by atoms with E-state index in [2.05, 4.69) is 156 Å². The van der Waals surface area contributed by atoms with Crippen molar-refractivity contribution in [2.45, 2.75) is 0 Å². The molecule has 0 aliphatic heterocycles. The van der Waals surface area contributed by atoms with Crippen molar-refractivity contribution in [1.82, 2.24) is 9.55 Å². The normalized spacial score (nSPS) is 11.6. The highest BCUT2D eigenvalue weighted by Gasteiger charge is 2.13. The predicted octanol–water partition coefficient (Wildman–Crippen LogP) is 11.5. The average Bonchev–Trinajstić information content (AvgIpc) is 3.77. The first kappa shape index (κ1) is 25.0. The third-order valence-electron chi connectivity index (χ3n) is 8.73. The zero-order valence-electron chi connectivity index (χ0n) is 23.8. The Bertz CT molecular complexity index is 2450. The minimum absolute atomic E-state index is 0.997. The fraction of sp³-hybridized carbons (Fsp3) is 0. The average molecular weight is 579 g/mol. The molecular formula is C41H26N2S. The van der Waals surface area contributed by atoms with Gasteiger partial charge in [-0.3, -0.25) is 4.98 Å². The van der Waals surface area contributed by atoms with E-state index in [0.29, 0.717) is 0 Å². The lowest BCUT2D eigenvalue weighted by atomic mass is 9.92. The fourth-order valence-electron chi connectivity index (χ4n) is 6.61. The van der Waals surface area contributed by atoms with E-state index in [0.717, 1.165) is 11.3 Å². The monoisotopic (exact) mass is 578 g/mol. The van der Waals surface area contributed by atoms with Crippen LogP contribution in [0, 0.1) is 0 Å². The van der Waals surface area contributed by atoms with Crippen molar-refractivity contribution in [3.05, 3.63) is 158 Å². The van der Waals surface area contributed by atoms with Gasteiger partial charge in [-0.1, -0.05) is 97.1 Å². The lowest BCUT2D eigenvalue weighted by Crippen LogP contribution is -1.90. The number of nitrogens with zero attached hydrogens (tertiary/aromatic N) is 2. The molecule has 0 spiro atoms. The van der Waals surface area contributed by atoms with Gasteiger partial charge in [0.2, 0.25) is 0 Å². The van der Waals surface area contributed by atoms with Crippen molar-refractivity contribution in [2.75, 3.05) is 0 Å². The van der Waals surface area contributed by atoms with Gasteiger partial charge in [0.25, 0.3) is 0 Å². The lowest BCUT2D eigenvalue weighted by molar-refractivity contribution is 1.13. The van der Waals surface area contributed by atoms with E-state index in [1.807, 2.05) is 6.20 Å². The van der Waals surface area contributed by atoms with Gasteiger partial charge in [-0.15, -0.1) is 11.3 Å². The van der Waals surface area contributed by atoms with Crippen LogP contribution >= 0.6 is 11.3 Å². The summed E-state index contributed by atoms with van der Waals surface area (Å²) in [6, 6.07) is 52.3. The lowest BCUT2D eigenvalue weighted by Gasteiger charge is -2.12. The van der Waals surface area contributed by atoms with E-state index in [-0.39, 0.29) is 0 Å². The Morgan fingerprint density at radius 2 is 1.11 bits per heavy atom. The zero-order valence-corrected chi connectivity index (χ0v) is 24.6. The molecule has 0 saturated carbocycles. The summed E-state index contributed by atoms with van der Waals surface area (Å²) in [6.45, 7) is 0. The summed E-state index contributed by atoms with van der Waals surface area (Å²) in [4.78, 5) is 7.35. The molecule has 3 aromatic heterocycles. The highest BCUT2D eigenvalue weighted by molar-refractivity contribution is 7.18. The topological polar surface area (TPSA) is 17.8 Å². The molecule has 0 saturated heterocycles. The van der Waals surface area contributed by atoms with E-state index in [1.165, 1.54) is 69.8 Å². The summed E-state index contributed by atoms with van der Waals surface area (Å²) >= 11 is 1.79. The van der Waals surface area contributed by atoms with E-state index < -0.39 is 0 Å². The van der Waals surface area contributed by atoms with Crippen LogP contribution in [0.15, 0.2) is 158 Å². The number of hydrogen-bond donors (Lipinski definition) is 0. The highest BCUT2D eigenvalue weighted by Crippen LogP contribution is 2.40. The Kier molecular flexibility index (Phi) is 5.71. The van der Waals surface area contributed by atoms with Gasteiger partial charge in [0.15, 0.2) is 0 Å². The van der Waals surface area contributed by atoms with Gasteiger partial charge in [-0.2, -0.15) is 0 Å². The Balaban J connectivity index is 1.07. The molecule has 9 aromatic rings. The summed E-state index contributed by atoms with van der Waals surface area (Å²) < 4.78 is 2.26. The van der Waals surface area contributed by atoms with Crippen molar-refractivity contribution in [3.63, 3.8) is 0 Å². The van der Waals surface area contributed by atoms with E-state index in [9.17, 15) is 0 Å². The minimum atomic E-state index is 0.997. The Morgan fingerprint density at radius 3 is 1.84 bits per heavy atom. The third-order valence-corrected chi connectivity index (χ3v) is 9.87. The summed E-state index contributed by atoms with van der Waals surface area (Å²) in [5.74, 6) is 0. The van der Waals surface area contributed by atoms with Crippen LogP contribution in [-0.4, -0.2) is 9.55 Å². The van der Waals surface area contributed by atoms with Crippen LogP contribution in [0.25, 0.3) is 81.0 Å². The number of pyridine rings is 1. The number of fused-ring (bicyclic) bond motifs is 7. The van der Waals surface area contributed by atoms with E-state index in [4.69, 9.17) is 4.98 Å². The summed E-state index contributed by atoms with van der Waals surface area (Å²) in [6.07, 6.45) is 4.18. The molecule has 0 aliphatic rings. The maximum Gasteiger partial charge on any atom is 0.0802 e. The first-order valence-corrected chi connectivity index (χ1v) is 15.7. The smallest absolute Gasteiger partial charge is 0.0802 e.